The molecule has 6 heteroatoms. The lowest BCUT2D eigenvalue weighted by atomic mass is 10.4. The molecule has 1 rings (SSSR count). The molecule has 0 aliphatic rings. The van der Waals surface area contributed by atoms with E-state index in [9.17, 15) is 8.42 Å². The fourth-order valence-electron chi connectivity index (χ4n) is 1.31. The molecular weight excluding hydrogens is 238 g/mol. The van der Waals surface area contributed by atoms with Crippen LogP contribution in [0, 0.1) is 0 Å². The molecule has 0 bridgehead atoms. The summed E-state index contributed by atoms with van der Waals surface area (Å²) < 4.78 is 26.3. The van der Waals surface area contributed by atoms with Gasteiger partial charge in [0.2, 0.25) is 10.0 Å². The normalized spacial score (nSPS) is 11.8. The molecule has 0 spiro atoms. The molecule has 0 amide bonds. The van der Waals surface area contributed by atoms with Crippen molar-refractivity contribution in [1.82, 2.24) is 9.71 Å². The van der Waals surface area contributed by atoms with Crippen LogP contribution in [0.2, 0.25) is 0 Å². The zero-order valence-electron chi connectivity index (χ0n) is 10.4. The van der Waals surface area contributed by atoms with Crippen molar-refractivity contribution in [2.24, 2.45) is 0 Å². The van der Waals surface area contributed by atoms with Gasteiger partial charge in [0.15, 0.2) is 0 Å². The third kappa shape index (κ3) is 4.32. The van der Waals surface area contributed by atoms with E-state index in [1.165, 1.54) is 12.3 Å². The Morgan fingerprint density at radius 2 is 2.12 bits per heavy atom. The highest BCUT2D eigenvalue weighted by molar-refractivity contribution is 7.89. The molecule has 96 valence electrons. The lowest BCUT2D eigenvalue weighted by Gasteiger charge is -2.10. The fourth-order valence-corrected chi connectivity index (χ4v) is 2.57. The zero-order valence-corrected chi connectivity index (χ0v) is 11.2. The van der Waals surface area contributed by atoms with Crippen molar-refractivity contribution in [3.05, 3.63) is 18.3 Å². The molecule has 5 nitrogen and oxygen atoms in total. The van der Waals surface area contributed by atoms with Gasteiger partial charge in [0.25, 0.3) is 0 Å². The monoisotopic (exact) mass is 257 g/mol. The lowest BCUT2D eigenvalue weighted by Crippen LogP contribution is -2.30. The van der Waals surface area contributed by atoms with Crippen LogP contribution in [0.5, 0.6) is 0 Å². The van der Waals surface area contributed by atoms with Crippen LogP contribution in [0.15, 0.2) is 23.2 Å². The second-order valence-corrected chi connectivity index (χ2v) is 5.79. The smallest absolute Gasteiger partial charge is 0.240 e. The first-order chi connectivity index (χ1) is 7.95. The number of aromatic nitrogens is 1. The quantitative estimate of drug-likeness (QED) is 0.812. The van der Waals surface area contributed by atoms with E-state index in [4.69, 9.17) is 0 Å². The molecule has 1 heterocycles. The first-order valence-electron chi connectivity index (χ1n) is 5.68. The molecular formula is C11H19N3O2S. The zero-order chi connectivity index (χ0) is 12.9. The lowest BCUT2D eigenvalue weighted by molar-refractivity contribution is 0.570. The molecule has 0 aliphatic carbocycles. The van der Waals surface area contributed by atoms with E-state index < -0.39 is 10.0 Å². The molecule has 17 heavy (non-hydrogen) atoms. The molecule has 1 aromatic rings. The van der Waals surface area contributed by atoms with Gasteiger partial charge in [-0.1, -0.05) is 6.92 Å². The van der Waals surface area contributed by atoms with Gasteiger partial charge < -0.3 is 5.32 Å². The Kier molecular flexibility index (Phi) is 4.89. The summed E-state index contributed by atoms with van der Waals surface area (Å²) in [6.07, 6.45) is 2.45. The van der Waals surface area contributed by atoms with E-state index in [0.29, 0.717) is 5.82 Å². The Balaban J connectivity index is 2.91. The van der Waals surface area contributed by atoms with Gasteiger partial charge in [0, 0.05) is 24.8 Å². The van der Waals surface area contributed by atoms with Crippen LogP contribution >= 0.6 is 0 Å². The molecule has 0 radical (unpaired) electrons. The summed E-state index contributed by atoms with van der Waals surface area (Å²) in [7, 11) is -3.44. The van der Waals surface area contributed by atoms with Gasteiger partial charge in [0.05, 0.1) is 4.90 Å². The Morgan fingerprint density at radius 3 is 2.71 bits per heavy atom. The predicted molar refractivity (Wildman–Crippen MR) is 68.5 cm³/mol. The standard InChI is InChI=1S/C11H19N3O2S/c1-4-6-12-11-8-10(5-7-13-11)17(15,16)14-9(2)3/h5,7-9,14H,4,6H2,1-3H3,(H,12,13). The highest BCUT2D eigenvalue weighted by atomic mass is 32.2. The molecule has 0 saturated carbocycles. The van der Waals surface area contributed by atoms with Crippen LogP contribution in [0.1, 0.15) is 27.2 Å². The Labute approximate surface area is 103 Å². The van der Waals surface area contributed by atoms with Crippen molar-refractivity contribution in [2.45, 2.75) is 38.1 Å². The van der Waals surface area contributed by atoms with Crippen LogP contribution in [0.4, 0.5) is 5.82 Å². The van der Waals surface area contributed by atoms with Crippen molar-refractivity contribution in [3.63, 3.8) is 0 Å². The molecule has 2 N–H and O–H groups in total. The van der Waals surface area contributed by atoms with E-state index >= 15 is 0 Å². The van der Waals surface area contributed by atoms with Crippen LogP contribution in [0.3, 0.4) is 0 Å². The summed E-state index contributed by atoms with van der Waals surface area (Å²) >= 11 is 0. The average molecular weight is 257 g/mol. The summed E-state index contributed by atoms with van der Waals surface area (Å²) in [5.74, 6) is 0.582. The highest BCUT2D eigenvalue weighted by Gasteiger charge is 2.15. The third-order valence-corrected chi connectivity index (χ3v) is 3.64. The minimum Gasteiger partial charge on any atom is -0.370 e. The van der Waals surface area contributed by atoms with Gasteiger partial charge in [-0.15, -0.1) is 0 Å². The van der Waals surface area contributed by atoms with Gasteiger partial charge >= 0.3 is 0 Å². The van der Waals surface area contributed by atoms with Crippen molar-refractivity contribution >= 4 is 15.8 Å². The van der Waals surface area contributed by atoms with Crippen LogP contribution < -0.4 is 10.0 Å². The van der Waals surface area contributed by atoms with Crippen molar-refractivity contribution in [3.8, 4) is 0 Å². The molecule has 0 fully saturated rings. The Bertz CT molecular complexity index is 458. The molecule has 0 aliphatic heterocycles. The minimum absolute atomic E-state index is 0.125. The van der Waals surface area contributed by atoms with Crippen LogP contribution in [-0.4, -0.2) is 26.0 Å². The highest BCUT2D eigenvalue weighted by Crippen LogP contribution is 2.12. The van der Waals surface area contributed by atoms with E-state index in [2.05, 4.69) is 15.0 Å². The summed E-state index contributed by atoms with van der Waals surface area (Å²) in [4.78, 5) is 4.30. The van der Waals surface area contributed by atoms with Crippen molar-refractivity contribution in [2.75, 3.05) is 11.9 Å². The fraction of sp³-hybridized carbons (Fsp3) is 0.545. The maximum Gasteiger partial charge on any atom is 0.240 e. The van der Waals surface area contributed by atoms with Gasteiger partial charge in [-0.2, -0.15) is 0 Å². The number of pyridine rings is 1. The van der Waals surface area contributed by atoms with Crippen LogP contribution in [-0.2, 0) is 10.0 Å². The first kappa shape index (κ1) is 13.9. The van der Waals surface area contributed by atoms with Gasteiger partial charge in [0.1, 0.15) is 5.82 Å². The number of nitrogens with one attached hydrogen (secondary N) is 2. The van der Waals surface area contributed by atoms with E-state index in [0.717, 1.165) is 13.0 Å². The summed E-state index contributed by atoms with van der Waals surface area (Å²) in [5.41, 5.74) is 0. The Hall–Kier alpha value is -1.14. The maximum atomic E-state index is 11.9. The van der Waals surface area contributed by atoms with Crippen molar-refractivity contribution < 1.29 is 8.42 Å². The van der Waals surface area contributed by atoms with Gasteiger partial charge in [-0.25, -0.2) is 18.1 Å². The largest absolute Gasteiger partial charge is 0.370 e. The van der Waals surface area contributed by atoms with E-state index in [1.54, 1.807) is 19.9 Å². The maximum absolute atomic E-state index is 11.9. The number of nitrogens with zero attached hydrogens (tertiary/aromatic N) is 1. The Morgan fingerprint density at radius 1 is 1.41 bits per heavy atom. The van der Waals surface area contributed by atoms with E-state index in [1.807, 2.05) is 6.92 Å². The van der Waals surface area contributed by atoms with Gasteiger partial charge in [-0.3, -0.25) is 0 Å². The van der Waals surface area contributed by atoms with E-state index in [-0.39, 0.29) is 10.9 Å². The number of hydrogen-bond acceptors (Lipinski definition) is 4. The molecule has 1 aromatic heterocycles. The molecule has 0 saturated heterocycles. The minimum atomic E-state index is -3.44. The second-order valence-electron chi connectivity index (χ2n) is 4.08. The van der Waals surface area contributed by atoms with Crippen molar-refractivity contribution in [1.29, 1.82) is 0 Å². The molecule has 0 atom stereocenters. The summed E-state index contributed by atoms with van der Waals surface area (Å²) in [6.45, 7) is 6.38. The molecule has 0 unspecified atom stereocenters. The predicted octanol–water partition coefficient (Wildman–Crippen LogP) is 1.59. The second kappa shape index (κ2) is 5.97. The number of anilines is 1. The summed E-state index contributed by atoms with van der Waals surface area (Å²) in [6, 6.07) is 2.91. The van der Waals surface area contributed by atoms with Gasteiger partial charge in [-0.05, 0) is 26.3 Å². The van der Waals surface area contributed by atoms with Crippen LogP contribution in [0.25, 0.3) is 0 Å². The number of rotatable bonds is 6. The topological polar surface area (TPSA) is 71.1 Å². The number of sulfonamides is 1. The summed E-state index contributed by atoms with van der Waals surface area (Å²) in [5, 5.41) is 3.06. The number of hydrogen-bond donors (Lipinski definition) is 2. The third-order valence-electron chi connectivity index (χ3n) is 1.99. The first-order valence-corrected chi connectivity index (χ1v) is 7.16. The SMILES string of the molecule is CCCNc1cc(S(=O)(=O)NC(C)C)ccn1. The average Bonchev–Trinajstić information content (AvgIpc) is 2.25. The molecule has 0 aromatic carbocycles.